The summed E-state index contributed by atoms with van der Waals surface area (Å²) >= 11 is 0. The zero-order chi connectivity index (χ0) is 18.7. The third-order valence-electron chi connectivity index (χ3n) is 5.43. The predicted molar refractivity (Wildman–Crippen MR) is 96.2 cm³/mol. The van der Waals surface area contributed by atoms with Crippen LogP contribution in [-0.2, 0) is 16.0 Å². The molecule has 1 saturated carbocycles. The number of ketones is 2. The van der Waals surface area contributed by atoms with E-state index in [4.69, 9.17) is 5.11 Å². The van der Waals surface area contributed by atoms with Gasteiger partial charge in [-0.2, -0.15) is 0 Å². The average molecular weight is 356 g/mol. The fourth-order valence-corrected chi connectivity index (χ4v) is 4.10. The van der Waals surface area contributed by atoms with Gasteiger partial charge in [0.25, 0.3) is 0 Å². The van der Waals surface area contributed by atoms with Crippen LogP contribution in [0.25, 0.3) is 0 Å². The van der Waals surface area contributed by atoms with E-state index in [1.54, 1.807) is 0 Å². The van der Waals surface area contributed by atoms with E-state index in [-0.39, 0.29) is 36.2 Å². The van der Waals surface area contributed by atoms with Crippen LogP contribution in [0.3, 0.4) is 0 Å². The number of carbonyl (C=O) groups excluding carboxylic acids is 2. The Bertz CT molecular complexity index is 749. The average Bonchev–Trinajstić information content (AvgIpc) is 3.10. The van der Waals surface area contributed by atoms with Gasteiger partial charge in [-0.25, -0.2) is 0 Å². The number of Topliss-reactive ketones (excluding diaryl/α,β-unsaturated/α-hetero) is 2. The molecule has 0 saturated heterocycles. The number of aliphatic carboxylic acids is 1. The Morgan fingerprint density at radius 1 is 1.19 bits per heavy atom. The summed E-state index contributed by atoms with van der Waals surface area (Å²) in [6, 6.07) is 5.68. The SMILES string of the molecule is O=C(O)CCCC=CC[C@H]1C(=O)C[C@@H](O)[C@@H]1c1ccc2c(c1)CCC2=O. The van der Waals surface area contributed by atoms with Crippen LogP contribution in [-0.4, -0.2) is 33.9 Å². The molecule has 26 heavy (non-hydrogen) atoms. The molecule has 0 heterocycles. The summed E-state index contributed by atoms with van der Waals surface area (Å²) in [4.78, 5) is 34.6. The molecule has 5 nitrogen and oxygen atoms in total. The first-order valence-corrected chi connectivity index (χ1v) is 9.21. The highest BCUT2D eigenvalue weighted by Gasteiger charge is 2.42. The third-order valence-corrected chi connectivity index (χ3v) is 5.43. The highest BCUT2D eigenvalue weighted by atomic mass is 16.4. The minimum Gasteiger partial charge on any atom is -0.481 e. The first kappa shape index (κ1) is 18.5. The first-order valence-electron chi connectivity index (χ1n) is 9.21. The Morgan fingerprint density at radius 2 is 2.00 bits per heavy atom. The fraction of sp³-hybridized carbons (Fsp3) is 0.476. The maximum atomic E-state index is 12.3. The number of benzene rings is 1. The van der Waals surface area contributed by atoms with Crippen LogP contribution in [0.2, 0.25) is 0 Å². The van der Waals surface area contributed by atoms with Gasteiger partial charge in [0.1, 0.15) is 5.78 Å². The van der Waals surface area contributed by atoms with Gasteiger partial charge in [-0.05, 0) is 36.8 Å². The van der Waals surface area contributed by atoms with Gasteiger partial charge in [-0.1, -0.05) is 30.4 Å². The molecule has 2 aliphatic carbocycles. The third kappa shape index (κ3) is 3.93. The molecule has 0 radical (unpaired) electrons. The molecule has 1 fully saturated rings. The number of aliphatic hydroxyl groups is 1. The molecular formula is C21H24O5. The van der Waals surface area contributed by atoms with Crippen LogP contribution >= 0.6 is 0 Å². The Hall–Kier alpha value is -2.27. The summed E-state index contributed by atoms with van der Waals surface area (Å²) in [5.74, 6) is -1.09. The van der Waals surface area contributed by atoms with E-state index in [2.05, 4.69) is 0 Å². The second-order valence-electron chi connectivity index (χ2n) is 7.20. The van der Waals surface area contributed by atoms with Gasteiger partial charge >= 0.3 is 5.97 Å². The van der Waals surface area contributed by atoms with Crippen molar-refractivity contribution in [1.29, 1.82) is 0 Å². The fourth-order valence-electron chi connectivity index (χ4n) is 4.10. The lowest BCUT2D eigenvalue weighted by molar-refractivity contribution is -0.137. The van der Waals surface area contributed by atoms with Crippen molar-refractivity contribution in [2.45, 2.75) is 57.0 Å². The van der Waals surface area contributed by atoms with E-state index in [9.17, 15) is 19.5 Å². The van der Waals surface area contributed by atoms with Gasteiger partial charge in [0.15, 0.2) is 5.78 Å². The van der Waals surface area contributed by atoms with E-state index in [1.165, 1.54) is 0 Å². The molecule has 2 N–H and O–H groups in total. The van der Waals surface area contributed by atoms with Crippen LogP contribution in [0.15, 0.2) is 30.4 Å². The molecule has 2 aliphatic rings. The molecule has 3 rings (SSSR count). The van der Waals surface area contributed by atoms with Gasteiger partial charge in [0, 0.05) is 36.7 Å². The summed E-state index contributed by atoms with van der Waals surface area (Å²) in [7, 11) is 0. The Kier molecular flexibility index (Phi) is 5.67. The molecule has 0 aromatic heterocycles. The summed E-state index contributed by atoms with van der Waals surface area (Å²) < 4.78 is 0. The summed E-state index contributed by atoms with van der Waals surface area (Å²) in [5.41, 5.74) is 2.71. The smallest absolute Gasteiger partial charge is 0.303 e. The number of rotatable bonds is 7. The number of allylic oxidation sites excluding steroid dienone is 2. The van der Waals surface area contributed by atoms with E-state index in [0.717, 1.165) is 23.1 Å². The van der Waals surface area contributed by atoms with Crippen LogP contribution in [0.4, 0.5) is 0 Å². The molecule has 1 aromatic rings. The minimum absolute atomic E-state index is 0.0641. The van der Waals surface area contributed by atoms with Crippen molar-refractivity contribution < 1.29 is 24.6 Å². The molecule has 138 valence electrons. The van der Waals surface area contributed by atoms with Crippen molar-refractivity contribution >= 4 is 17.5 Å². The van der Waals surface area contributed by atoms with Crippen molar-refractivity contribution in [3.8, 4) is 0 Å². The zero-order valence-corrected chi connectivity index (χ0v) is 14.7. The molecule has 0 aliphatic heterocycles. The van der Waals surface area contributed by atoms with Crippen LogP contribution in [0.5, 0.6) is 0 Å². The molecule has 3 atom stereocenters. The maximum Gasteiger partial charge on any atom is 0.303 e. The number of fused-ring (bicyclic) bond motifs is 1. The van der Waals surface area contributed by atoms with Crippen LogP contribution in [0, 0.1) is 5.92 Å². The monoisotopic (exact) mass is 356 g/mol. The Morgan fingerprint density at radius 3 is 2.77 bits per heavy atom. The number of carboxylic acids is 1. The van der Waals surface area contributed by atoms with Crippen molar-refractivity contribution in [3.05, 3.63) is 47.0 Å². The van der Waals surface area contributed by atoms with E-state index >= 15 is 0 Å². The van der Waals surface area contributed by atoms with E-state index in [1.807, 2.05) is 30.4 Å². The van der Waals surface area contributed by atoms with Crippen LogP contribution < -0.4 is 0 Å². The summed E-state index contributed by atoms with van der Waals surface area (Å²) in [6.07, 6.45) is 6.51. The molecule has 5 heteroatoms. The zero-order valence-electron chi connectivity index (χ0n) is 14.7. The largest absolute Gasteiger partial charge is 0.481 e. The maximum absolute atomic E-state index is 12.3. The number of aryl methyl sites for hydroxylation is 1. The normalized spacial score (nSPS) is 25.2. The van der Waals surface area contributed by atoms with Crippen molar-refractivity contribution in [2.24, 2.45) is 5.92 Å². The standard InChI is InChI=1S/C21H24O5/c22-17-10-8-13-11-14(7-9-15(13)17)21-16(18(23)12-19(21)24)5-3-1-2-4-6-20(25)26/h1,3,7,9,11,16,19,21,24H,2,4-6,8,10,12H2,(H,25,26)/t16-,19+,21+/m0/s1. The number of aliphatic hydroxyl groups excluding tert-OH is 1. The Labute approximate surface area is 152 Å². The number of unbranched alkanes of at least 4 members (excludes halogenated alkanes) is 1. The molecule has 0 amide bonds. The lowest BCUT2D eigenvalue weighted by atomic mass is 9.84. The molecule has 0 bridgehead atoms. The molecule has 1 aromatic carbocycles. The van der Waals surface area contributed by atoms with E-state index < -0.39 is 12.1 Å². The van der Waals surface area contributed by atoms with Crippen molar-refractivity contribution in [3.63, 3.8) is 0 Å². The minimum atomic E-state index is -0.803. The van der Waals surface area contributed by atoms with Gasteiger partial charge in [0.2, 0.25) is 0 Å². The summed E-state index contributed by atoms with van der Waals surface area (Å²) in [6.45, 7) is 0. The van der Waals surface area contributed by atoms with Crippen LogP contribution in [0.1, 0.15) is 65.9 Å². The van der Waals surface area contributed by atoms with Gasteiger partial charge in [-0.3, -0.25) is 14.4 Å². The van der Waals surface area contributed by atoms with Gasteiger partial charge in [0.05, 0.1) is 6.10 Å². The first-order chi connectivity index (χ1) is 12.5. The Balaban J connectivity index is 1.69. The van der Waals surface area contributed by atoms with Crippen molar-refractivity contribution in [2.75, 3.05) is 0 Å². The summed E-state index contributed by atoms with van der Waals surface area (Å²) in [5, 5.41) is 19.0. The van der Waals surface area contributed by atoms with E-state index in [0.29, 0.717) is 25.7 Å². The number of hydrogen-bond donors (Lipinski definition) is 2. The van der Waals surface area contributed by atoms with Crippen molar-refractivity contribution in [1.82, 2.24) is 0 Å². The second-order valence-corrected chi connectivity index (χ2v) is 7.20. The van der Waals surface area contributed by atoms with Gasteiger partial charge in [-0.15, -0.1) is 0 Å². The second kappa shape index (κ2) is 7.96. The number of carbonyl (C=O) groups is 3. The molecule has 0 unspecified atom stereocenters. The quantitative estimate of drug-likeness (QED) is 0.579. The lowest BCUT2D eigenvalue weighted by Crippen LogP contribution is -2.18. The highest BCUT2D eigenvalue weighted by molar-refractivity contribution is 6.00. The lowest BCUT2D eigenvalue weighted by Gasteiger charge is -2.21. The molecular weight excluding hydrogens is 332 g/mol. The van der Waals surface area contributed by atoms with Gasteiger partial charge < -0.3 is 10.2 Å². The number of carboxylic acid groups (broad SMARTS) is 1. The highest BCUT2D eigenvalue weighted by Crippen LogP contribution is 2.41. The predicted octanol–water partition coefficient (Wildman–Crippen LogP) is 3.05. The number of hydrogen-bond acceptors (Lipinski definition) is 4. The topological polar surface area (TPSA) is 91.7 Å². The molecule has 0 spiro atoms.